The maximum atomic E-state index is 11.7. The highest BCUT2D eigenvalue weighted by atomic mass is 32.2. The first kappa shape index (κ1) is 12.7. The molecule has 0 saturated carbocycles. The highest BCUT2D eigenvalue weighted by Gasteiger charge is 2.07. The Labute approximate surface area is 120 Å². The number of hydrogen-bond donors (Lipinski definition) is 0. The highest BCUT2D eigenvalue weighted by Crippen LogP contribution is 2.26. The molecule has 3 aromatic rings. The molecule has 1 aromatic heterocycles. The fourth-order valence-corrected chi connectivity index (χ4v) is 2.53. The minimum atomic E-state index is -0.391. The van der Waals surface area contributed by atoms with Crippen molar-refractivity contribution in [2.75, 3.05) is 0 Å². The van der Waals surface area contributed by atoms with Gasteiger partial charge in [0.05, 0.1) is 11.8 Å². The molecular weight excluding hydrogens is 270 g/mol. The molecule has 0 atom stereocenters. The van der Waals surface area contributed by atoms with E-state index in [0.717, 1.165) is 10.5 Å². The fourth-order valence-electron chi connectivity index (χ4n) is 1.77. The summed E-state index contributed by atoms with van der Waals surface area (Å²) in [5, 5.41) is 0.350. The van der Waals surface area contributed by atoms with E-state index < -0.39 is 5.63 Å². The Balaban J connectivity index is 1.97. The first-order valence-corrected chi connectivity index (χ1v) is 6.93. The summed E-state index contributed by atoms with van der Waals surface area (Å²) in [6.45, 7) is 0. The summed E-state index contributed by atoms with van der Waals surface area (Å²) in [6, 6.07) is 20.7. The van der Waals surface area contributed by atoms with E-state index in [4.69, 9.17) is 4.42 Å². The second-order valence-electron chi connectivity index (χ2n) is 4.11. The lowest BCUT2D eigenvalue weighted by Crippen LogP contribution is -2.01. The topological polar surface area (TPSA) is 43.1 Å². The third kappa shape index (κ3) is 2.97. The summed E-state index contributed by atoms with van der Waals surface area (Å²) >= 11 is 1.33. The number of nitrogens with zero attached hydrogens (tertiary/aromatic N) is 1. The summed E-state index contributed by atoms with van der Waals surface area (Å²) in [5.74, 6) is 0. The summed E-state index contributed by atoms with van der Waals surface area (Å²) in [7, 11) is 0. The van der Waals surface area contributed by atoms with Gasteiger partial charge in [-0.3, -0.25) is 0 Å². The molecule has 0 radical (unpaired) electrons. The van der Waals surface area contributed by atoms with Crippen LogP contribution < -0.4 is 5.63 Å². The molecule has 0 aliphatic heterocycles. The molecule has 0 N–H and O–H groups in total. The van der Waals surface area contributed by atoms with Crippen LogP contribution in [0.25, 0.3) is 11.3 Å². The molecule has 98 valence electrons. The van der Waals surface area contributed by atoms with Gasteiger partial charge in [0.15, 0.2) is 0 Å². The van der Waals surface area contributed by atoms with Gasteiger partial charge < -0.3 is 4.42 Å². The van der Waals surface area contributed by atoms with E-state index in [-0.39, 0.29) is 0 Å². The Morgan fingerprint density at radius 3 is 2.25 bits per heavy atom. The van der Waals surface area contributed by atoms with Crippen molar-refractivity contribution in [3.8, 4) is 11.3 Å². The van der Waals surface area contributed by atoms with Crippen molar-refractivity contribution in [2.45, 2.75) is 10.1 Å². The fraction of sp³-hybridized carbons (Fsp3) is 0. The predicted molar refractivity (Wildman–Crippen MR) is 78.8 cm³/mol. The lowest BCUT2D eigenvalue weighted by Gasteiger charge is -2.02. The van der Waals surface area contributed by atoms with Crippen molar-refractivity contribution in [3.63, 3.8) is 0 Å². The summed E-state index contributed by atoms with van der Waals surface area (Å²) in [4.78, 5) is 17.0. The molecular formula is C16H11NO2S. The zero-order chi connectivity index (χ0) is 13.8. The number of benzene rings is 2. The first-order chi connectivity index (χ1) is 9.81. The molecule has 0 spiro atoms. The van der Waals surface area contributed by atoms with Crippen LogP contribution in [0.2, 0.25) is 0 Å². The van der Waals surface area contributed by atoms with Gasteiger partial charge in [0.1, 0.15) is 0 Å². The van der Waals surface area contributed by atoms with Crippen LogP contribution in [-0.2, 0) is 0 Å². The van der Waals surface area contributed by atoms with Crippen LogP contribution >= 0.6 is 11.8 Å². The van der Waals surface area contributed by atoms with E-state index in [1.807, 2.05) is 60.7 Å². The van der Waals surface area contributed by atoms with Crippen LogP contribution in [0.4, 0.5) is 0 Å². The van der Waals surface area contributed by atoms with Gasteiger partial charge in [-0.1, -0.05) is 48.5 Å². The number of hydrogen-bond acceptors (Lipinski definition) is 4. The normalized spacial score (nSPS) is 10.4. The van der Waals surface area contributed by atoms with E-state index in [1.165, 1.54) is 17.8 Å². The summed E-state index contributed by atoms with van der Waals surface area (Å²) < 4.78 is 5.14. The van der Waals surface area contributed by atoms with Gasteiger partial charge in [0, 0.05) is 10.5 Å². The monoisotopic (exact) mass is 281 g/mol. The average Bonchev–Trinajstić information content (AvgIpc) is 2.49. The van der Waals surface area contributed by atoms with Gasteiger partial charge in [0.2, 0.25) is 0 Å². The molecule has 0 aliphatic rings. The van der Waals surface area contributed by atoms with Crippen molar-refractivity contribution >= 4 is 11.8 Å². The van der Waals surface area contributed by atoms with Crippen LogP contribution in [0.5, 0.6) is 0 Å². The Hall–Kier alpha value is -2.33. The SMILES string of the molecule is O=c1cc(-c2ccccc2)nc(Sc2ccccc2)o1. The zero-order valence-electron chi connectivity index (χ0n) is 10.5. The Bertz CT molecular complexity index is 754. The molecule has 2 aromatic carbocycles. The lowest BCUT2D eigenvalue weighted by molar-refractivity contribution is 0.392. The standard InChI is InChI=1S/C16H11NO2S/c18-15-11-14(12-7-3-1-4-8-12)17-16(19-15)20-13-9-5-2-6-10-13/h1-11H. The smallest absolute Gasteiger partial charge is 0.340 e. The molecule has 0 aliphatic carbocycles. The molecule has 3 nitrogen and oxygen atoms in total. The molecule has 0 bridgehead atoms. The van der Waals surface area contributed by atoms with Gasteiger partial charge in [0.25, 0.3) is 5.22 Å². The van der Waals surface area contributed by atoms with Gasteiger partial charge in [-0.2, -0.15) is 0 Å². The van der Waals surface area contributed by atoms with Gasteiger partial charge in [-0.15, -0.1) is 0 Å². The third-order valence-electron chi connectivity index (χ3n) is 2.67. The Morgan fingerprint density at radius 1 is 0.900 bits per heavy atom. The summed E-state index contributed by atoms with van der Waals surface area (Å²) in [5.41, 5.74) is 1.13. The second kappa shape index (κ2) is 5.75. The van der Waals surface area contributed by atoms with E-state index in [0.29, 0.717) is 10.9 Å². The molecule has 4 heteroatoms. The second-order valence-corrected chi connectivity index (χ2v) is 5.13. The largest absolute Gasteiger partial charge is 0.398 e. The van der Waals surface area contributed by atoms with Gasteiger partial charge in [-0.25, -0.2) is 9.78 Å². The Kier molecular flexibility index (Phi) is 3.65. The maximum Gasteiger partial charge on any atom is 0.340 e. The van der Waals surface area contributed by atoms with Crippen LogP contribution in [-0.4, -0.2) is 4.98 Å². The van der Waals surface area contributed by atoms with Crippen LogP contribution in [0.3, 0.4) is 0 Å². The zero-order valence-corrected chi connectivity index (χ0v) is 11.3. The quantitative estimate of drug-likeness (QED) is 0.731. The van der Waals surface area contributed by atoms with E-state index >= 15 is 0 Å². The highest BCUT2D eigenvalue weighted by molar-refractivity contribution is 7.99. The van der Waals surface area contributed by atoms with Gasteiger partial charge >= 0.3 is 5.63 Å². The molecule has 1 heterocycles. The molecule has 20 heavy (non-hydrogen) atoms. The molecule has 0 fully saturated rings. The predicted octanol–water partition coefficient (Wildman–Crippen LogP) is 3.85. The van der Waals surface area contributed by atoms with Crippen molar-refractivity contribution in [2.24, 2.45) is 0 Å². The first-order valence-electron chi connectivity index (χ1n) is 6.12. The van der Waals surface area contributed by atoms with Crippen LogP contribution in [0.15, 0.2) is 86.1 Å². The molecule has 0 amide bonds. The molecule has 3 rings (SSSR count). The van der Waals surface area contributed by atoms with Crippen LogP contribution in [0, 0.1) is 0 Å². The van der Waals surface area contributed by atoms with E-state index in [2.05, 4.69) is 4.98 Å². The number of aromatic nitrogens is 1. The molecule has 0 unspecified atom stereocenters. The van der Waals surface area contributed by atoms with Gasteiger partial charge in [-0.05, 0) is 23.9 Å². The van der Waals surface area contributed by atoms with Crippen molar-refractivity contribution in [1.29, 1.82) is 0 Å². The minimum absolute atomic E-state index is 0.350. The maximum absolute atomic E-state index is 11.7. The Morgan fingerprint density at radius 2 is 1.55 bits per heavy atom. The molecule has 0 saturated heterocycles. The minimum Gasteiger partial charge on any atom is -0.398 e. The average molecular weight is 281 g/mol. The summed E-state index contributed by atoms with van der Waals surface area (Å²) in [6.07, 6.45) is 0. The van der Waals surface area contributed by atoms with Crippen molar-refractivity contribution in [1.82, 2.24) is 4.98 Å². The lowest BCUT2D eigenvalue weighted by atomic mass is 10.1. The van der Waals surface area contributed by atoms with E-state index in [1.54, 1.807) is 0 Å². The third-order valence-corrected chi connectivity index (χ3v) is 3.53. The van der Waals surface area contributed by atoms with Crippen LogP contribution in [0.1, 0.15) is 0 Å². The van der Waals surface area contributed by atoms with Crippen molar-refractivity contribution in [3.05, 3.63) is 77.2 Å². The number of rotatable bonds is 3. The van der Waals surface area contributed by atoms with E-state index in [9.17, 15) is 4.79 Å². The van der Waals surface area contributed by atoms with Crippen molar-refractivity contribution < 1.29 is 4.42 Å².